The average molecular weight is 407 g/mol. The zero-order valence-corrected chi connectivity index (χ0v) is 15.9. The van der Waals surface area contributed by atoms with E-state index >= 15 is 0 Å². The Morgan fingerprint density at radius 2 is 1.81 bits per heavy atom. The Balaban J connectivity index is 1.56. The van der Waals surface area contributed by atoms with Crippen molar-refractivity contribution in [1.82, 2.24) is 16.2 Å². The summed E-state index contributed by atoms with van der Waals surface area (Å²) in [5, 5.41) is 4.17. The number of nitrogens with zero attached hydrogens (tertiary/aromatic N) is 1. The van der Waals surface area contributed by atoms with E-state index < -0.39 is 5.79 Å². The molecule has 142 valence electrons. The van der Waals surface area contributed by atoms with Gasteiger partial charge in [0.15, 0.2) is 0 Å². The molecule has 0 aliphatic carbocycles. The average Bonchev–Trinajstić information content (AvgIpc) is 2.94. The fourth-order valence-corrected chi connectivity index (χ4v) is 3.71. The first-order valence-corrected chi connectivity index (χ1v) is 9.31. The van der Waals surface area contributed by atoms with Gasteiger partial charge < -0.3 is 15.8 Å². The van der Waals surface area contributed by atoms with Gasteiger partial charge in [-0.25, -0.2) is 4.99 Å². The number of nitrogens with two attached hydrogens (primary N) is 2. The number of halogens is 2. The van der Waals surface area contributed by atoms with Crippen LogP contribution in [-0.4, -0.2) is 25.7 Å². The van der Waals surface area contributed by atoms with Gasteiger partial charge in [-0.1, -0.05) is 35.3 Å². The maximum absolute atomic E-state index is 6.51. The van der Waals surface area contributed by atoms with E-state index in [-0.39, 0.29) is 5.96 Å². The molecular weight excluding hydrogens is 387 g/mol. The molecule has 4 rings (SSSR count). The lowest BCUT2D eigenvalue weighted by Crippen LogP contribution is -2.50. The number of benzene rings is 2. The zero-order chi connectivity index (χ0) is 19.0. The molecule has 0 amide bonds. The third-order valence-electron chi connectivity index (χ3n) is 4.65. The molecule has 7 N–H and O–H groups in total. The molecule has 0 radical (unpaired) electrons. The topological polar surface area (TPSA) is 110 Å². The summed E-state index contributed by atoms with van der Waals surface area (Å²) in [4.78, 5) is 4.15. The molecule has 0 spiro atoms. The normalized spacial score (nSPS) is 22.1. The molecule has 0 aromatic heterocycles. The maximum atomic E-state index is 6.51. The lowest BCUT2D eigenvalue weighted by Gasteiger charge is -2.26. The standard InChI is InChI=1S/C18H20Cl2N6O/c19-14-5-12(18(22)24-17(21)25-26-18)6-15(20)16(14)11-1-3-13(4-2-11)27-9-10-7-23-8-10/h1-6,10,23,26H,7-9,22H2,(H3,21,24,25). The van der Waals surface area contributed by atoms with Crippen LogP contribution >= 0.6 is 23.2 Å². The monoisotopic (exact) mass is 406 g/mol. The van der Waals surface area contributed by atoms with Crippen molar-refractivity contribution in [2.45, 2.75) is 5.79 Å². The Hall–Kier alpha value is -2.03. The van der Waals surface area contributed by atoms with Crippen LogP contribution in [0.2, 0.25) is 10.0 Å². The zero-order valence-electron chi connectivity index (χ0n) is 14.4. The van der Waals surface area contributed by atoms with E-state index in [0.717, 1.165) is 30.0 Å². The van der Waals surface area contributed by atoms with E-state index in [2.05, 4.69) is 21.2 Å². The van der Waals surface area contributed by atoms with Crippen LogP contribution in [0.3, 0.4) is 0 Å². The van der Waals surface area contributed by atoms with E-state index in [1.165, 1.54) is 0 Å². The largest absolute Gasteiger partial charge is 0.493 e. The highest BCUT2D eigenvalue weighted by Gasteiger charge is 2.32. The summed E-state index contributed by atoms with van der Waals surface area (Å²) in [6, 6.07) is 11.2. The Bertz CT molecular complexity index is 861. The van der Waals surface area contributed by atoms with E-state index in [1.807, 2.05) is 24.3 Å². The van der Waals surface area contributed by atoms with Crippen molar-refractivity contribution >= 4 is 29.2 Å². The summed E-state index contributed by atoms with van der Waals surface area (Å²) in [5.41, 5.74) is 19.5. The minimum Gasteiger partial charge on any atom is -0.493 e. The molecule has 7 nitrogen and oxygen atoms in total. The highest BCUT2D eigenvalue weighted by Crippen LogP contribution is 2.38. The molecule has 2 aromatic rings. The van der Waals surface area contributed by atoms with Crippen molar-refractivity contribution in [3.8, 4) is 16.9 Å². The summed E-state index contributed by atoms with van der Waals surface area (Å²) in [6.07, 6.45) is 0. The van der Waals surface area contributed by atoms with Crippen molar-refractivity contribution in [2.24, 2.45) is 22.4 Å². The summed E-state index contributed by atoms with van der Waals surface area (Å²) in [5.74, 6) is 0.382. The van der Waals surface area contributed by atoms with E-state index in [0.29, 0.717) is 28.1 Å². The van der Waals surface area contributed by atoms with Crippen LogP contribution in [0.15, 0.2) is 41.4 Å². The van der Waals surface area contributed by atoms with Crippen molar-refractivity contribution in [2.75, 3.05) is 19.7 Å². The number of hydrazine groups is 1. The number of aliphatic imine (C=N–C) groups is 1. The second kappa shape index (κ2) is 7.18. The van der Waals surface area contributed by atoms with Gasteiger partial charge in [-0.15, -0.1) is 0 Å². The summed E-state index contributed by atoms with van der Waals surface area (Å²) in [7, 11) is 0. The quantitative estimate of drug-likeness (QED) is 0.517. The van der Waals surface area contributed by atoms with Crippen LogP contribution in [-0.2, 0) is 5.79 Å². The van der Waals surface area contributed by atoms with Crippen LogP contribution in [0.4, 0.5) is 0 Å². The highest BCUT2D eigenvalue weighted by atomic mass is 35.5. The molecular formula is C18H20Cl2N6O. The molecule has 2 aliphatic heterocycles. The van der Waals surface area contributed by atoms with Gasteiger partial charge in [0.05, 0.1) is 16.7 Å². The smallest absolute Gasteiger partial charge is 0.209 e. The molecule has 1 fully saturated rings. The molecule has 0 saturated carbocycles. The van der Waals surface area contributed by atoms with Crippen LogP contribution in [0.5, 0.6) is 5.75 Å². The first-order chi connectivity index (χ1) is 12.9. The van der Waals surface area contributed by atoms with Crippen molar-refractivity contribution < 1.29 is 4.74 Å². The Morgan fingerprint density at radius 3 is 2.33 bits per heavy atom. The lowest BCUT2D eigenvalue weighted by atomic mass is 10.0. The van der Waals surface area contributed by atoms with Crippen molar-refractivity contribution in [3.63, 3.8) is 0 Å². The molecule has 9 heteroatoms. The summed E-state index contributed by atoms with van der Waals surface area (Å²) < 4.78 is 5.81. The first kappa shape index (κ1) is 18.3. The van der Waals surface area contributed by atoms with Crippen LogP contribution in [0, 0.1) is 5.92 Å². The molecule has 0 bridgehead atoms. The van der Waals surface area contributed by atoms with Crippen LogP contribution < -0.4 is 32.4 Å². The van der Waals surface area contributed by atoms with Gasteiger partial charge in [0.1, 0.15) is 5.75 Å². The number of hydrogen-bond acceptors (Lipinski definition) is 7. The van der Waals surface area contributed by atoms with Gasteiger partial charge in [0.25, 0.3) is 0 Å². The molecule has 2 aliphatic rings. The van der Waals surface area contributed by atoms with Gasteiger partial charge in [-0.2, -0.15) is 5.43 Å². The molecule has 2 aromatic carbocycles. The second-order valence-corrected chi connectivity index (χ2v) is 7.50. The maximum Gasteiger partial charge on any atom is 0.209 e. The minimum atomic E-state index is -1.22. The summed E-state index contributed by atoms with van der Waals surface area (Å²) in [6.45, 7) is 2.74. The first-order valence-electron chi connectivity index (χ1n) is 8.55. The highest BCUT2D eigenvalue weighted by molar-refractivity contribution is 6.39. The van der Waals surface area contributed by atoms with Crippen molar-refractivity contribution in [1.29, 1.82) is 0 Å². The van der Waals surface area contributed by atoms with E-state index in [9.17, 15) is 0 Å². The molecule has 27 heavy (non-hydrogen) atoms. The van der Waals surface area contributed by atoms with Gasteiger partial charge in [-0.3, -0.25) is 11.2 Å². The Morgan fingerprint density at radius 1 is 1.15 bits per heavy atom. The second-order valence-electron chi connectivity index (χ2n) is 6.69. The van der Waals surface area contributed by atoms with Gasteiger partial charge in [0, 0.05) is 30.1 Å². The SMILES string of the molecule is NC1=NC(N)(c2cc(Cl)c(-c3ccc(OCC4CNC4)cc3)c(Cl)c2)NN1. The minimum absolute atomic E-state index is 0.196. The number of hydrogen-bond donors (Lipinski definition) is 5. The number of ether oxygens (including phenoxy) is 1. The Kier molecular flexibility index (Phi) is 4.88. The van der Waals surface area contributed by atoms with E-state index in [1.54, 1.807) is 12.1 Å². The fourth-order valence-electron chi connectivity index (χ4n) is 3.01. The predicted molar refractivity (Wildman–Crippen MR) is 108 cm³/mol. The molecule has 1 unspecified atom stereocenters. The third-order valence-corrected chi connectivity index (χ3v) is 5.25. The third kappa shape index (κ3) is 3.69. The van der Waals surface area contributed by atoms with Crippen LogP contribution in [0.1, 0.15) is 5.56 Å². The van der Waals surface area contributed by atoms with Crippen LogP contribution in [0.25, 0.3) is 11.1 Å². The molecule has 1 atom stereocenters. The molecule has 1 saturated heterocycles. The number of rotatable bonds is 5. The Labute approximate surface area is 167 Å². The number of nitrogens with one attached hydrogen (secondary N) is 3. The van der Waals surface area contributed by atoms with Gasteiger partial charge in [-0.05, 0) is 29.8 Å². The van der Waals surface area contributed by atoms with Gasteiger partial charge >= 0.3 is 0 Å². The molecule has 2 heterocycles. The van der Waals surface area contributed by atoms with E-state index in [4.69, 9.17) is 39.4 Å². The number of guanidine groups is 1. The van der Waals surface area contributed by atoms with Gasteiger partial charge in [0.2, 0.25) is 11.7 Å². The predicted octanol–water partition coefficient (Wildman–Crippen LogP) is 1.75. The summed E-state index contributed by atoms with van der Waals surface area (Å²) >= 11 is 13.0. The fraction of sp³-hybridized carbons (Fsp3) is 0.278. The lowest BCUT2D eigenvalue weighted by molar-refractivity contribution is 0.199. The van der Waals surface area contributed by atoms with Crippen molar-refractivity contribution in [3.05, 3.63) is 52.0 Å².